The highest BCUT2D eigenvalue weighted by Crippen LogP contribution is 2.38. The van der Waals surface area contributed by atoms with Gasteiger partial charge in [-0.1, -0.05) is 19.3 Å². The summed E-state index contributed by atoms with van der Waals surface area (Å²) in [6.45, 7) is 1.84. The van der Waals surface area contributed by atoms with Crippen LogP contribution in [0.15, 0.2) is 0 Å². The molecule has 2 saturated carbocycles. The second kappa shape index (κ2) is 5.02. The maximum Gasteiger partial charge on any atom is 0.249 e. The van der Waals surface area contributed by atoms with Gasteiger partial charge in [0.15, 0.2) is 0 Å². The van der Waals surface area contributed by atoms with Crippen molar-refractivity contribution in [3.05, 3.63) is 0 Å². The number of nitrogens with one attached hydrogen (secondary N) is 1. The van der Waals surface area contributed by atoms with Crippen molar-refractivity contribution in [1.29, 1.82) is 0 Å². The van der Waals surface area contributed by atoms with E-state index in [1.54, 1.807) is 7.11 Å². The molecule has 3 rings (SSSR count). The Balaban J connectivity index is 1.80. The molecule has 1 heterocycles. The SMILES string of the molecule is COC1CC(N2C(=O)C3(CCCCC3)NC(=O)C2C)C1. The molecule has 0 bridgehead atoms. The molecule has 0 radical (unpaired) electrons. The first-order valence-corrected chi connectivity index (χ1v) is 7.75. The largest absolute Gasteiger partial charge is 0.381 e. The van der Waals surface area contributed by atoms with Crippen LogP contribution in [0.4, 0.5) is 0 Å². The molecule has 1 unspecified atom stereocenters. The van der Waals surface area contributed by atoms with Gasteiger partial charge in [0.2, 0.25) is 11.8 Å². The van der Waals surface area contributed by atoms with E-state index < -0.39 is 5.54 Å². The van der Waals surface area contributed by atoms with Gasteiger partial charge in [0.05, 0.1) is 6.10 Å². The van der Waals surface area contributed by atoms with Crippen molar-refractivity contribution in [2.75, 3.05) is 7.11 Å². The Morgan fingerprint density at radius 3 is 2.45 bits per heavy atom. The van der Waals surface area contributed by atoms with E-state index in [2.05, 4.69) is 5.32 Å². The fourth-order valence-corrected chi connectivity index (χ4v) is 3.88. The Labute approximate surface area is 120 Å². The molecule has 1 saturated heterocycles. The molecule has 1 N–H and O–H groups in total. The van der Waals surface area contributed by atoms with Crippen molar-refractivity contribution in [3.8, 4) is 0 Å². The van der Waals surface area contributed by atoms with Gasteiger partial charge in [-0.2, -0.15) is 0 Å². The smallest absolute Gasteiger partial charge is 0.249 e. The number of ether oxygens (including phenoxy) is 1. The van der Waals surface area contributed by atoms with Crippen LogP contribution >= 0.6 is 0 Å². The molecule has 1 aliphatic heterocycles. The van der Waals surface area contributed by atoms with Gasteiger partial charge in [-0.3, -0.25) is 9.59 Å². The normalized spacial score (nSPS) is 36.7. The Bertz CT molecular complexity index is 411. The van der Waals surface area contributed by atoms with Crippen LogP contribution in [0.25, 0.3) is 0 Å². The van der Waals surface area contributed by atoms with Crippen molar-refractivity contribution in [2.24, 2.45) is 0 Å². The second-order valence-electron chi connectivity index (χ2n) is 6.50. The highest BCUT2D eigenvalue weighted by atomic mass is 16.5. The summed E-state index contributed by atoms with van der Waals surface area (Å²) >= 11 is 0. The lowest BCUT2D eigenvalue weighted by atomic mass is 9.76. The Hall–Kier alpha value is -1.10. The minimum atomic E-state index is -0.611. The third kappa shape index (κ3) is 2.03. The summed E-state index contributed by atoms with van der Waals surface area (Å²) in [7, 11) is 1.71. The number of hydrogen-bond acceptors (Lipinski definition) is 3. The van der Waals surface area contributed by atoms with Crippen LogP contribution in [-0.4, -0.2) is 47.6 Å². The van der Waals surface area contributed by atoms with Crippen LogP contribution in [0.3, 0.4) is 0 Å². The van der Waals surface area contributed by atoms with Crippen LogP contribution in [-0.2, 0) is 14.3 Å². The Kier molecular flexibility index (Phi) is 3.48. The molecule has 2 aliphatic carbocycles. The Morgan fingerprint density at radius 2 is 1.85 bits per heavy atom. The molecular formula is C15H24N2O3. The van der Waals surface area contributed by atoms with Crippen LogP contribution in [0.2, 0.25) is 0 Å². The minimum absolute atomic E-state index is 0.00682. The molecule has 0 aromatic rings. The summed E-state index contributed by atoms with van der Waals surface area (Å²) in [5.74, 6) is 0.149. The van der Waals surface area contributed by atoms with Crippen molar-refractivity contribution in [1.82, 2.24) is 10.2 Å². The molecule has 20 heavy (non-hydrogen) atoms. The summed E-state index contributed by atoms with van der Waals surface area (Å²) < 4.78 is 5.30. The third-order valence-corrected chi connectivity index (χ3v) is 5.31. The standard InChI is InChI=1S/C15H24N2O3/c1-10-13(18)16-15(6-4-3-5-7-15)14(19)17(10)11-8-12(9-11)20-2/h10-12H,3-9H2,1-2H3,(H,16,18). The summed E-state index contributed by atoms with van der Waals surface area (Å²) in [6.07, 6.45) is 6.76. The molecule has 5 nitrogen and oxygen atoms in total. The molecule has 1 spiro atoms. The third-order valence-electron chi connectivity index (χ3n) is 5.31. The van der Waals surface area contributed by atoms with Crippen molar-refractivity contribution < 1.29 is 14.3 Å². The fourth-order valence-electron chi connectivity index (χ4n) is 3.88. The topological polar surface area (TPSA) is 58.6 Å². The predicted molar refractivity (Wildman–Crippen MR) is 74.1 cm³/mol. The van der Waals surface area contributed by atoms with Crippen LogP contribution < -0.4 is 5.32 Å². The predicted octanol–water partition coefficient (Wildman–Crippen LogP) is 1.21. The van der Waals surface area contributed by atoms with Gasteiger partial charge < -0.3 is 15.0 Å². The van der Waals surface area contributed by atoms with Gasteiger partial charge in [-0.05, 0) is 32.6 Å². The first-order valence-electron chi connectivity index (χ1n) is 7.75. The molecule has 3 aliphatic rings. The molecule has 112 valence electrons. The quantitative estimate of drug-likeness (QED) is 0.827. The van der Waals surface area contributed by atoms with Gasteiger partial charge in [0.1, 0.15) is 11.6 Å². The molecule has 5 heteroatoms. The van der Waals surface area contributed by atoms with E-state index in [-0.39, 0.29) is 30.0 Å². The molecule has 2 amide bonds. The average molecular weight is 280 g/mol. The van der Waals surface area contributed by atoms with Gasteiger partial charge in [-0.25, -0.2) is 0 Å². The van der Waals surface area contributed by atoms with E-state index in [0.717, 1.165) is 44.9 Å². The van der Waals surface area contributed by atoms with Crippen LogP contribution in [0.1, 0.15) is 51.9 Å². The average Bonchev–Trinajstić information content (AvgIpc) is 2.40. The highest BCUT2D eigenvalue weighted by molar-refractivity contribution is 6.00. The second-order valence-corrected chi connectivity index (χ2v) is 6.50. The number of hydrogen-bond donors (Lipinski definition) is 1. The van der Waals surface area contributed by atoms with Crippen molar-refractivity contribution in [2.45, 2.75) is 75.6 Å². The van der Waals surface area contributed by atoms with E-state index in [0.29, 0.717) is 0 Å². The maximum absolute atomic E-state index is 13.0. The van der Waals surface area contributed by atoms with Crippen molar-refractivity contribution in [3.63, 3.8) is 0 Å². The molecule has 0 aromatic carbocycles. The Morgan fingerprint density at radius 1 is 1.20 bits per heavy atom. The lowest BCUT2D eigenvalue weighted by Gasteiger charge is -2.52. The maximum atomic E-state index is 13.0. The van der Waals surface area contributed by atoms with E-state index in [9.17, 15) is 9.59 Å². The number of nitrogens with zero attached hydrogens (tertiary/aromatic N) is 1. The van der Waals surface area contributed by atoms with E-state index in [4.69, 9.17) is 4.74 Å². The molecule has 1 atom stereocenters. The van der Waals surface area contributed by atoms with Crippen LogP contribution in [0.5, 0.6) is 0 Å². The summed E-state index contributed by atoms with van der Waals surface area (Å²) in [4.78, 5) is 27.1. The number of amides is 2. The number of carbonyl (C=O) groups excluding carboxylic acids is 2. The van der Waals surface area contributed by atoms with E-state index >= 15 is 0 Å². The molecule has 0 aromatic heterocycles. The molecular weight excluding hydrogens is 256 g/mol. The zero-order valence-corrected chi connectivity index (χ0v) is 12.4. The van der Waals surface area contributed by atoms with Gasteiger partial charge >= 0.3 is 0 Å². The fraction of sp³-hybridized carbons (Fsp3) is 0.867. The lowest BCUT2D eigenvalue weighted by Crippen LogP contribution is -2.73. The number of carbonyl (C=O) groups is 2. The first kappa shape index (κ1) is 13.9. The van der Waals surface area contributed by atoms with Crippen molar-refractivity contribution >= 4 is 11.8 Å². The van der Waals surface area contributed by atoms with Gasteiger partial charge in [0.25, 0.3) is 0 Å². The lowest BCUT2D eigenvalue weighted by molar-refractivity contribution is -0.164. The van der Waals surface area contributed by atoms with Gasteiger partial charge in [0, 0.05) is 13.2 Å². The monoisotopic (exact) mass is 280 g/mol. The van der Waals surface area contributed by atoms with Crippen LogP contribution in [0, 0.1) is 0 Å². The van der Waals surface area contributed by atoms with E-state index in [1.165, 1.54) is 0 Å². The summed E-state index contributed by atoms with van der Waals surface area (Å²) in [6, 6.07) is -0.176. The minimum Gasteiger partial charge on any atom is -0.381 e. The highest BCUT2D eigenvalue weighted by Gasteiger charge is 2.53. The molecule has 3 fully saturated rings. The van der Waals surface area contributed by atoms with Gasteiger partial charge in [-0.15, -0.1) is 0 Å². The zero-order chi connectivity index (χ0) is 14.3. The number of methoxy groups -OCH3 is 1. The number of rotatable bonds is 2. The summed E-state index contributed by atoms with van der Waals surface area (Å²) in [5.41, 5.74) is -0.611. The first-order chi connectivity index (χ1) is 9.57. The number of piperazine rings is 1. The summed E-state index contributed by atoms with van der Waals surface area (Å²) in [5, 5.41) is 3.03. The zero-order valence-electron chi connectivity index (χ0n) is 12.4. The van der Waals surface area contributed by atoms with E-state index in [1.807, 2.05) is 11.8 Å².